The van der Waals surface area contributed by atoms with E-state index in [1.165, 1.54) is 0 Å². The number of nitrogens with one attached hydrogen (secondary N) is 1. The summed E-state index contributed by atoms with van der Waals surface area (Å²) < 4.78 is 28.4. The monoisotopic (exact) mass is 645 g/mol. The lowest BCUT2D eigenvalue weighted by Crippen LogP contribution is -2.36. The summed E-state index contributed by atoms with van der Waals surface area (Å²) in [4.78, 5) is 27.6. The average Bonchev–Trinajstić information content (AvgIpc) is 2.97. The zero-order valence-electron chi connectivity index (χ0n) is 24.2. The Bertz CT molecular complexity index is 1390. The first kappa shape index (κ1) is 30.8. The number of rotatable bonds is 11. The molecular formula is C31H36BrNO7S. The Labute approximate surface area is 253 Å². The van der Waals surface area contributed by atoms with E-state index in [1.807, 2.05) is 31.2 Å². The molecule has 0 radical (unpaired) electrons. The maximum atomic E-state index is 14.0. The van der Waals surface area contributed by atoms with Gasteiger partial charge >= 0.3 is 5.97 Å². The SMILES string of the molecule is CCSCCOC(=O)C1=C(C)NC2=C(C(=O)C[C@@H](c3ccc(OC)c(OC)c3)C2)[C@@H]1c1cc(OC)c(OC)cc1Br. The Morgan fingerprint density at radius 2 is 1.63 bits per heavy atom. The fraction of sp³-hybridized carbons (Fsp3) is 0.419. The topological polar surface area (TPSA) is 92.3 Å². The first-order chi connectivity index (χ1) is 19.8. The Balaban J connectivity index is 1.80. The van der Waals surface area contributed by atoms with Crippen LogP contribution in [0.15, 0.2) is 57.3 Å². The van der Waals surface area contributed by atoms with E-state index in [1.54, 1.807) is 46.3 Å². The van der Waals surface area contributed by atoms with Gasteiger partial charge < -0.3 is 29.0 Å². The Morgan fingerprint density at radius 3 is 2.29 bits per heavy atom. The molecule has 0 saturated heterocycles. The summed E-state index contributed by atoms with van der Waals surface area (Å²) in [5.74, 6) is 2.72. The molecule has 2 atom stereocenters. The van der Waals surface area contributed by atoms with Gasteiger partial charge in [-0.3, -0.25) is 4.79 Å². The van der Waals surface area contributed by atoms with Crippen molar-refractivity contribution < 1.29 is 33.3 Å². The minimum atomic E-state index is -0.648. The molecule has 220 valence electrons. The van der Waals surface area contributed by atoms with Crippen molar-refractivity contribution in [2.45, 2.75) is 38.5 Å². The van der Waals surface area contributed by atoms with Crippen molar-refractivity contribution in [1.29, 1.82) is 0 Å². The van der Waals surface area contributed by atoms with Gasteiger partial charge in [-0.25, -0.2) is 4.79 Å². The fourth-order valence-electron chi connectivity index (χ4n) is 5.47. The lowest BCUT2D eigenvalue weighted by Gasteiger charge is -2.37. The summed E-state index contributed by atoms with van der Waals surface area (Å²) in [6.45, 7) is 4.20. The number of hydrogen-bond donors (Lipinski definition) is 1. The molecule has 0 unspecified atom stereocenters. The molecule has 0 saturated carbocycles. The summed E-state index contributed by atoms with van der Waals surface area (Å²) >= 11 is 5.38. The molecule has 1 N–H and O–H groups in total. The molecule has 2 aromatic rings. The third-order valence-corrected chi connectivity index (χ3v) is 8.96. The predicted octanol–water partition coefficient (Wildman–Crippen LogP) is 6.14. The third-order valence-electron chi connectivity index (χ3n) is 7.41. The van der Waals surface area contributed by atoms with Crippen molar-refractivity contribution in [3.8, 4) is 23.0 Å². The number of carbonyl (C=O) groups is 2. The minimum Gasteiger partial charge on any atom is -0.493 e. The van der Waals surface area contributed by atoms with Crippen LogP contribution in [0.2, 0.25) is 0 Å². The number of allylic oxidation sites excluding steroid dienone is 3. The van der Waals surface area contributed by atoms with Crippen molar-refractivity contribution in [3.05, 3.63) is 68.5 Å². The van der Waals surface area contributed by atoms with Gasteiger partial charge in [-0.2, -0.15) is 11.8 Å². The predicted molar refractivity (Wildman–Crippen MR) is 163 cm³/mol. The molecular weight excluding hydrogens is 610 g/mol. The number of ketones is 1. The second kappa shape index (κ2) is 13.7. The van der Waals surface area contributed by atoms with E-state index in [0.29, 0.717) is 56.5 Å². The van der Waals surface area contributed by atoms with Gasteiger partial charge in [0.05, 0.1) is 34.0 Å². The van der Waals surface area contributed by atoms with Crippen LogP contribution in [0.3, 0.4) is 0 Å². The number of benzene rings is 2. The number of halogens is 1. The van der Waals surface area contributed by atoms with E-state index in [2.05, 4.69) is 28.2 Å². The number of hydrogen-bond acceptors (Lipinski definition) is 9. The molecule has 2 aliphatic rings. The molecule has 41 heavy (non-hydrogen) atoms. The number of esters is 1. The van der Waals surface area contributed by atoms with Crippen molar-refractivity contribution in [3.63, 3.8) is 0 Å². The highest BCUT2D eigenvalue weighted by Gasteiger charge is 2.42. The van der Waals surface area contributed by atoms with Crippen molar-refractivity contribution in [1.82, 2.24) is 5.32 Å². The first-order valence-electron chi connectivity index (χ1n) is 13.4. The number of ether oxygens (including phenoxy) is 5. The van der Waals surface area contributed by atoms with Crippen LogP contribution in [0.25, 0.3) is 0 Å². The van der Waals surface area contributed by atoms with E-state index in [4.69, 9.17) is 23.7 Å². The largest absolute Gasteiger partial charge is 0.493 e. The Hall–Kier alpha value is -3.11. The van der Waals surface area contributed by atoms with Crippen molar-refractivity contribution in [2.75, 3.05) is 46.6 Å². The number of carbonyl (C=O) groups excluding carboxylic acids is 2. The highest BCUT2D eigenvalue weighted by Crippen LogP contribution is 2.49. The lowest BCUT2D eigenvalue weighted by molar-refractivity contribution is -0.138. The quantitative estimate of drug-likeness (QED) is 0.228. The smallest absolute Gasteiger partial charge is 0.336 e. The molecule has 0 bridgehead atoms. The highest BCUT2D eigenvalue weighted by molar-refractivity contribution is 9.10. The van der Waals surface area contributed by atoms with Gasteiger partial charge in [0.25, 0.3) is 0 Å². The Kier molecular flexibility index (Phi) is 10.3. The van der Waals surface area contributed by atoms with Crippen LogP contribution in [0.4, 0.5) is 0 Å². The number of Topliss-reactive ketones (excluding diaryl/α,β-unsaturated/α-hetero) is 1. The molecule has 0 aromatic heterocycles. The highest BCUT2D eigenvalue weighted by atomic mass is 79.9. The maximum Gasteiger partial charge on any atom is 0.336 e. The molecule has 0 fully saturated rings. The first-order valence-corrected chi connectivity index (χ1v) is 15.3. The van der Waals surface area contributed by atoms with E-state index in [9.17, 15) is 9.59 Å². The Morgan fingerprint density at radius 1 is 0.976 bits per heavy atom. The molecule has 10 heteroatoms. The van der Waals surface area contributed by atoms with Gasteiger partial charge in [-0.05, 0) is 60.4 Å². The molecule has 0 amide bonds. The van der Waals surface area contributed by atoms with E-state index in [-0.39, 0.29) is 24.7 Å². The van der Waals surface area contributed by atoms with Crippen LogP contribution >= 0.6 is 27.7 Å². The summed E-state index contributed by atoms with van der Waals surface area (Å²) in [5.41, 5.74) is 4.14. The number of methoxy groups -OCH3 is 4. The van der Waals surface area contributed by atoms with Crippen molar-refractivity contribution >= 4 is 39.4 Å². The zero-order chi connectivity index (χ0) is 29.7. The molecule has 1 aliphatic heterocycles. The van der Waals surface area contributed by atoms with Gasteiger partial charge in [0.15, 0.2) is 28.8 Å². The van der Waals surface area contributed by atoms with Crippen LogP contribution in [0.5, 0.6) is 23.0 Å². The van der Waals surface area contributed by atoms with Gasteiger partial charge in [0.2, 0.25) is 0 Å². The zero-order valence-corrected chi connectivity index (χ0v) is 26.6. The van der Waals surface area contributed by atoms with Crippen LogP contribution < -0.4 is 24.3 Å². The van der Waals surface area contributed by atoms with Crippen LogP contribution in [-0.4, -0.2) is 58.3 Å². The van der Waals surface area contributed by atoms with Gasteiger partial charge in [-0.15, -0.1) is 0 Å². The normalized spacial score (nSPS) is 18.5. The number of thioether (sulfide) groups is 1. The third kappa shape index (κ3) is 6.38. The number of dihydropyridines is 1. The van der Waals surface area contributed by atoms with Gasteiger partial charge in [0, 0.05) is 39.5 Å². The van der Waals surface area contributed by atoms with Gasteiger partial charge in [-0.1, -0.05) is 28.9 Å². The minimum absolute atomic E-state index is 0.0374. The summed E-state index contributed by atoms with van der Waals surface area (Å²) in [7, 11) is 6.31. The summed E-state index contributed by atoms with van der Waals surface area (Å²) in [5, 5.41) is 3.41. The molecule has 0 spiro atoms. The maximum absolute atomic E-state index is 14.0. The standard InChI is InChI=1S/C31H36BrNO7S/c1-7-41-11-10-40-31(35)28-17(2)33-22-12-19(18-8-9-24(36-3)25(14-18)37-4)13-23(34)30(22)29(28)20-15-26(38-5)27(39-6)16-21(20)32/h8-9,14-16,19,29,33H,7,10-13H2,1-6H3/t19-,29+/m0/s1. The average molecular weight is 647 g/mol. The van der Waals surface area contributed by atoms with E-state index in [0.717, 1.165) is 22.6 Å². The van der Waals surface area contributed by atoms with Crippen LogP contribution in [0, 0.1) is 0 Å². The molecule has 8 nitrogen and oxygen atoms in total. The molecule has 2 aromatic carbocycles. The second-order valence-corrected chi connectivity index (χ2v) is 11.9. The van der Waals surface area contributed by atoms with Gasteiger partial charge in [0.1, 0.15) is 6.61 Å². The summed E-state index contributed by atoms with van der Waals surface area (Å²) in [6, 6.07) is 9.37. The molecule has 1 aliphatic carbocycles. The van der Waals surface area contributed by atoms with Crippen LogP contribution in [-0.2, 0) is 14.3 Å². The van der Waals surface area contributed by atoms with Crippen LogP contribution in [0.1, 0.15) is 49.7 Å². The molecule has 4 rings (SSSR count). The van der Waals surface area contributed by atoms with E-state index < -0.39 is 11.9 Å². The van der Waals surface area contributed by atoms with E-state index >= 15 is 0 Å². The van der Waals surface area contributed by atoms with Crippen molar-refractivity contribution in [2.24, 2.45) is 0 Å². The second-order valence-electron chi connectivity index (χ2n) is 9.69. The molecule has 1 heterocycles. The fourth-order valence-corrected chi connectivity index (χ4v) is 6.51. The lowest BCUT2D eigenvalue weighted by atomic mass is 9.71. The summed E-state index contributed by atoms with van der Waals surface area (Å²) in [6.07, 6.45) is 0.872.